The number of carbonyl (C=O) groups excluding carboxylic acids is 1. The summed E-state index contributed by atoms with van der Waals surface area (Å²) < 4.78 is 6.64. The second-order valence-electron chi connectivity index (χ2n) is 3.94. The normalized spacial score (nSPS) is 12.4. The Morgan fingerprint density at radius 1 is 1.65 bits per heavy atom. The van der Waals surface area contributed by atoms with Gasteiger partial charge in [0.05, 0.1) is 12.2 Å². The van der Waals surface area contributed by atoms with Crippen LogP contribution in [0.4, 0.5) is 0 Å². The second kappa shape index (κ2) is 4.82. The van der Waals surface area contributed by atoms with Gasteiger partial charge in [0, 0.05) is 24.5 Å². The highest BCUT2D eigenvalue weighted by molar-refractivity contribution is 5.91. The molecule has 2 aromatic heterocycles. The van der Waals surface area contributed by atoms with Gasteiger partial charge in [0.25, 0.3) is 5.91 Å². The Kier molecular flexibility index (Phi) is 3.22. The van der Waals surface area contributed by atoms with Crippen molar-refractivity contribution in [1.29, 1.82) is 0 Å². The summed E-state index contributed by atoms with van der Waals surface area (Å²) in [7, 11) is 0. The van der Waals surface area contributed by atoms with Gasteiger partial charge in [-0.2, -0.15) is 5.10 Å². The van der Waals surface area contributed by atoms with Crippen molar-refractivity contribution in [3.8, 4) is 0 Å². The van der Waals surface area contributed by atoms with Crippen molar-refractivity contribution in [3.05, 3.63) is 36.0 Å². The first-order valence-electron chi connectivity index (χ1n) is 5.37. The molecule has 0 radical (unpaired) electrons. The van der Waals surface area contributed by atoms with Gasteiger partial charge in [0.15, 0.2) is 0 Å². The first kappa shape index (κ1) is 11.4. The third-order valence-corrected chi connectivity index (χ3v) is 2.25. The van der Waals surface area contributed by atoms with E-state index in [0.717, 1.165) is 0 Å². The molecular formula is C11H14N4O2. The third kappa shape index (κ3) is 2.93. The van der Waals surface area contributed by atoms with Crippen LogP contribution in [-0.2, 0) is 6.54 Å². The van der Waals surface area contributed by atoms with Crippen LogP contribution in [0.1, 0.15) is 23.2 Å². The van der Waals surface area contributed by atoms with Crippen molar-refractivity contribution >= 4 is 5.91 Å². The van der Waals surface area contributed by atoms with Gasteiger partial charge in [-0.15, -0.1) is 0 Å². The smallest absolute Gasteiger partial charge is 0.290 e. The van der Waals surface area contributed by atoms with E-state index in [4.69, 9.17) is 4.52 Å². The molecule has 6 heteroatoms. The second-order valence-corrected chi connectivity index (χ2v) is 3.94. The van der Waals surface area contributed by atoms with E-state index in [1.54, 1.807) is 23.9 Å². The quantitative estimate of drug-likeness (QED) is 0.856. The van der Waals surface area contributed by atoms with Crippen molar-refractivity contribution in [2.24, 2.45) is 0 Å². The van der Waals surface area contributed by atoms with Crippen LogP contribution in [0.25, 0.3) is 0 Å². The molecule has 0 saturated carbocycles. The van der Waals surface area contributed by atoms with Crippen LogP contribution in [0.2, 0.25) is 0 Å². The Balaban J connectivity index is 1.90. The lowest BCUT2D eigenvalue weighted by atomic mass is 10.3. The molecule has 0 aliphatic carbocycles. The summed E-state index contributed by atoms with van der Waals surface area (Å²) in [6, 6.07) is 3.41. The van der Waals surface area contributed by atoms with E-state index in [-0.39, 0.29) is 17.7 Å². The SMILES string of the molecule is Cc1cc(C(=O)N[C@H](C)Cn2cccn2)on1. The minimum atomic E-state index is -0.259. The highest BCUT2D eigenvalue weighted by atomic mass is 16.5. The summed E-state index contributed by atoms with van der Waals surface area (Å²) in [5, 5.41) is 10.6. The molecular weight excluding hydrogens is 220 g/mol. The van der Waals surface area contributed by atoms with Gasteiger partial charge >= 0.3 is 0 Å². The minimum Gasteiger partial charge on any atom is -0.351 e. The van der Waals surface area contributed by atoms with E-state index >= 15 is 0 Å². The molecule has 0 aliphatic heterocycles. The number of rotatable bonds is 4. The Morgan fingerprint density at radius 2 is 2.47 bits per heavy atom. The molecule has 90 valence electrons. The lowest BCUT2D eigenvalue weighted by Crippen LogP contribution is -2.35. The summed E-state index contributed by atoms with van der Waals surface area (Å²) in [6.07, 6.45) is 3.55. The van der Waals surface area contributed by atoms with Crippen molar-refractivity contribution in [3.63, 3.8) is 0 Å². The fraction of sp³-hybridized carbons (Fsp3) is 0.364. The van der Waals surface area contributed by atoms with Crippen LogP contribution in [0, 0.1) is 6.92 Å². The molecule has 0 aliphatic rings. The predicted molar refractivity (Wildman–Crippen MR) is 60.4 cm³/mol. The molecule has 17 heavy (non-hydrogen) atoms. The predicted octanol–water partition coefficient (Wildman–Crippen LogP) is 0.998. The van der Waals surface area contributed by atoms with Crippen LogP contribution >= 0.6 is 0 Å². The number of carbonyl (C=O) groups is 1. The van der Waals surface area contributed by atoms with Crippen molar-refractivity contribution < 1.29 is 9.32 Å². The fourth-order valence-corrected chi connectivity index (χ4v) is 1.50. The monoisotopic (exact) mass is 234 g/mol. The molecule has 2 aromatic rings. The molecule has 0 fully saturated rings. The fourth-order valence-electron chi connectivity index (χ4n) is 1.50. The number of hydrogen-bond acceptors (Lipinski definition) is 4. The molecule has 0 aromatic carbocycles. The zero-order valence-corrected chi connectivity index (χ0v) is 9.75. The molecule has 6 nitrogen and oxygen atoms in total. The van der Waals surface area contributed by atoms with E-state index in [9.17, 15) is 4.79 Å². The number of hydrogen-bond donors (Lipinski definition) is 1. The van der Waals surface area contributed by atoms with Gasteiger partial charge in [0.2, 0.25) is 5.76 Å². The molecule has 0 bridgehead atoms. The Morgan fingerprint density at radius 3 is 3.06 bits per heavy atom. The lowest BCUT2D eigenvalue weighted by Gasteiger charge is -2.12. The summed E-state index contributed by atoms with van der Waals surface area (Å²) >= 11 is 0. The van der Waals surface area contributed by atoms with Gasteiger partial charge in [0.1, 0.15) is 0 Å². The Bertz CT molecular complexity index is 489. The number of amides is 1. The van der Waals surface area contributed by atoms with Gasteiger partial charge in [-0.3, -0.25) is 9.48 Å². The van der Waals surface area contributed by atoms with Crippen molar-refractivity contribution in [2.45, 2.75) is 26.4 Å². The van der Waals surface area contributed by atoms with Crippen molar-refractivity contribution in [1.82, 2.24) is 20.3 Å². The van der Waals surface area contributed by atoms with Crippen LogP contribution in [0.15, 0.2) is 29.0 Å². The van der Waals surface area contributed by atoms with E-state index < -0.39 is 0 Å². The van der Waals surface area contributed by atoms with Gasteiger partial charge < -0.3 is 9.84 Å². The maximum Gasteiger partial charge on any atom is 0.290 e. The van der Waals surface area contributed by atoms with E-state index in [1.807, 2.05) is 19.2 Å². The van der Waals surface area contributed by atoms with Gasteiger partial charge in [-0.05, 0) is 19.9 Å². The number of aromatic nitrogens is 3. The van der Waals surface area contributed by atoms with Crippen molar-refractivity contribution in [2.75, 3.05) is 0 Å². The lowest BCUT2D eigenvalue weighted by molar-refractivity contribution is 0.0898. The Hall–Kier alpha value is -2.11. The molecule has 2 heterocycles. The molecule has 0 saturated heterocycles. The molecule has 1 amide bonds. The average Bonchev–Trinajstić information content (AvgIpc) is 2.89. The molecule has 1 N–H and O–H groups in total. The molecule has 0 unspecified atom stereocenters. The van der Waals surface area contributed by atoms with Crippen LogP contribution in [0.5, 0.6) is 0 Å². The van der Waals surface area contributed by atoms with Crippen LogP contribution in [0.3, 0.4) is 0 Å². The van der Waals surface area contributed by atoms with Crippen LogP contribution < -0.4 is 5.32 Å². The highest BCUT2D eigenvalue weighted by Gasteiger charge is 2.14. The zero-order valence-electron chi connectivity index (χ0n) is 9.75. The summed E-state index contributed by atoms with van der Waals surface area (Å²) in [6.45, 7) is 4.29. The van der Waals surface area contributed by atoms with E-state index in [1.165, 1.54) is 0 Å². The van der Waals surface area contributed by atoms with Gasteiger partial charge in [-0.25, -0.2) is 0 Å². The topological polar surface area (TPSA) is 73.0 Å². The Labute approximate surface area is 98.6 Å². The first-order valence-corrected chi connectivity index (χ1v) is 5.37. The standard InChI is InChI=1S/C11H14N4O2/c1-8-6-10(17-14-8)11(16)13-9(2)7-15-5-3-4-12-15/h3-6,9H,7H2,1-2H3,(H,13,16)/t9-/m1/s1. The van der Waals surface area contributed by atoms with Gasteiger partial charge in [-0.1, -0.05) is 5.16 Å². The maximum absolute atomic E-state index is 11.7. The molecule has 2 rings (SSSR count). The van der Waals surface area contributed by atoms with Crippen LogP contribution in [-0.4, -0.2) is 26.9 Å². The third-order valence-electron chi connectivity index (χ3n) is 2.25. The van der Waals surface area contributed by atoms with E-state index in [2.05, 4.69) is 15.6 Å². The minimum absolute atomic E-state index is 0.0344. The largest absolute Gasteiger partial charge is 0.351 e. The maximum atomic E-state index is 11.7. The summed E-state index contributed by atoms with van der Waals surface area (Å²) in [5.74, 6) is -0.0277. The highest BCUT2D eigenvalue weighted by Crippen LogP contribution is 2.02. The summed E-state index contributed by atoms with van der Waals surface area (Å²) in [4.78, 5) is 11.7. The first-order chi connectivity index (χ1) is 8.15. The average molecular weight is 234 g/mol. The van der Waals surface area contributed by atoms with E-state index in [0.29, 0.717) is 12.2 Å². The molecule has 1 atom stereocenters. The zero-order chi connectivity index (χ0) is 12.3. The number of nitrogens with zero attached hydrogens (tertiary/aromatic N) is 3. The molecule has 0 spiro atoms. The number of nitrogens with one attached hydrogen (secondary N) is 1. The number of aryl methyl sites for hydroxylation is 1. The summed E-state index contributed by atoms with van der Waals surface area (Å²) in [5.41, 5.74) is 0.690.